The monoisotopic (exact) mass is 353 g/mol. The number of hydrogen-bond acceptors (Lipinski definition) is 2. The van der Waals surface area contributed by atoms with Gasteiger partial charge < -0.3 is 10.4 Å². The average molecular weight is 354 g/mol. The minimum absolute atomic E-state index is 0.0297. The number of carbonyl (C=O) groups excluding carboxylic acids is 1. The van der Waals surface area contributed by atoms with Gasteiger partial charge in [0.05, 0.1) is 12.0 Å². The average Bonchev–Trinajstić information content (AvgIpc) is 2.47. The van der Waals surface area contributed by atoms with Crippen molar-refractivity contribution in [2.24, 2.45) is 11.8 Å². The molecule has 1 unspecified atom stereocenters. The van der Waals surface area contributed by atoms with Crippen LogP contribution in [0, 0.1) is 11.8 Å². The van der Waals surface area contributed by atoms with E-state index in [4.69, 9.17) is 5.11 Å². The molecular formula is C16H20BrNO3. The Labute approximate surface area is 133 Å². The molecule has 1 atom stereocenters. The highest BCUT2D eigenvalue weighted by atomic mass is 79.9. The zero-order valence-corrected chi connectivity index (χ0v) is 13.6. The summed E-state index contributed by atoms with van der Waals surface area (Å²) in [5.74, 6) is -1.06. The normalized spacial score (nSPS) is 23.3. The van der Waals surface area contributed by atoms with Gasteiger partial charge in [0.25, 0.3) is 0 Å². The highest BCUT2D eigenvalue weighted by molar-refractivity contribution is 9.10. The van der Waals surface area contributed by atoms with Gasteiger partial charge in [-0.15, -0.1) is 0 Å². The maximum absolute atomic E-state index is 12.3. The number of carboxylic acid groups (broad SMARTS) is 1. The second kappa shape index (κ2) is 7.07. The standard InChI is InChI=1S/C16H20BrNO3/c1-10(13-4-2-3-5-14(13)17)18-15(19)11-6-8-12(9-7-11)16(20)21/h2-5,10-12H,6-9H2,1H3,(H,18,19)(H,20,21). The van der Waals surface area contributed by atoms with Crippen LogP contribution in [0.3, 0.4) is 0 Å². The van der Waals surface area contributed by atoms with Crippen molar-refractivity contribution in [2.75, 3.05) is 0 Å². The molecule has 5 heteroatoms. The minimum atomic E-state index is -0.740. The summed E-state index contributed by atoms with van der Waals surface area (Å²) in [4.78, 5) is 23.2. The van der Waals surface area contributed by atoms with Crippen LogP contribution in [0.4, 0.5) is 0 Å². The van der Waals surface area contributed by atoms with E-state index in [-0.39, 0.29) is 23.8 Å². The molecule has 0 saturated heterocycles. The Morgan fingerprint density at radius 1 is 1.19 bits per heavy atom. The number of aliphatic carboxylic acids is 1. The fourth-order valence-corrected chi connectivity index (χ4v) is 3.47. The number of carboxylic acids is 1. The molecule has 21 heavy (non-hydrogen) atoms. The maximum Gasteiger partial charge on any atom is 0.306 e. The molecule has 0 heterocycles. The number of carbonyl (C=O) groups is 2. The molecule has 0 radical (unpaired) electrons. The molecule has 1 aromatic carbocycles. The van der Waals surface area contributed by atoms with Gasteiger partial charge in [0, 0.05) is 10.4 Å². The molecule has 0 bridgehead atoms. The van der Waals surface area contributed by atoms with Gasteiger partial charge in [0.1, 0.15) is 0 Å². The first-order valence-electron chi connectivity index (χ1n) is 7.26. The molecule has 2 N–H and O–H groups in total. The summed E-state index contributed by atoms with van der Waals surface area (Å²) in [5.41, 5.74) is 1.05. The van der Waals surface area contributed by atoms with Crippen molar-refractivity contribution in [3.05, 3.63) is 34.3 Å². The molecular weight excluding hydrogens is 334 g/mol. The molecule has 1 aliphatic carbocycles. The molecule has 114 valence electrons. The molecule has 1 aliphatic rings. The third-order valence-corrected chi connectivity index (χ3v) is 4.90. The van der Waals surface area contributed by atoms with Gasteiger partial charge in [0.2, 0.25) is 5.91 Å². The van der Waals surface area contributed by atoms with E-state index in [1.165, 1.54) is 0 Å². The third-order valence-electron chi connectivity index (χ3n) is 4.18. The molecule has 0 spiro atoms. The predicted octanol–water partition coefficient (Wildman–Crippen LogP) is 3.52. The SMILES string of the molecule is CC(NC(=O)C1CCC(C(=O)O)CC1)c1ccccc1Br. The van der Waals surface area contributed by atoms with Crippen LogP contribution < -0.4 is 5.32 Å². The maximum atomic E-state index is 12.3. The van der Waals surface area contributed by atoms with Gasteiger partial charge in [-0.25, -0.2) is 0 Å². The van der Waals surface area contributed by atoms with E-state index in [0.29, 0.717) is 25.7 Å². The molecule has 1 amide bonds. The topological polar surface area (TPSA) is 66.4 Å². The second-order valence-corrected chi connectivity index (χ2v) is 6.49. The van der Waals surface area contributed by atoms with Crippen molar-refractivity contribution in [3.8, 4) is 0 Å². The van der Waals surface area contributed by atoms with Crippen LogP contribution in [-0.4, -0.2) is 17.0 Å². The zero-order chi connectivity index (χ0) is 15.4. The number of hydrogen-bond donors (Lipinski definition) is 2. The van der Waals surface area contributed by atoms with E-state index in [1.807, 2.05) is 31.2 Å². The van der Waals surface area contributed by atoms with Crippen LogP contribution in [0.2, 0.25) is 0 Å². The van der Waals surface area contributed by atoms with Crippen molar-refractivity contribution < 1.29 is 14.7 Å². The van der Waals surface area contributed by atoms with Crippen molar-refractivity contribution >= 4 is 27.8 Å². The zero-order valence-electron chi connectivity index (χ0n) is 12.0. The van der Waals surface area contributed by atoms with E-state index in [9.17, 15) is 9.59 Å². The third kappa shape index (κ3) is 4.06. The Kier molecular flexibility index (Phi) is 5.39. The van der Waals surface area contributed by atoms with Gasteiger partial charge in [-0.1, -0.05) is 34.1 Å². The molecule has 1 fully saturated rings. The second-order valence-electron chi connectivity index (χ2n) is 5.64. The summed E-state index contributed by atoms with van der Waals surface area (Å²) in [6.45, 7) is 1.96. The summed E-state index contributed by atoms with van der Waals surface area (Å²) in [7, 11) is 0. The van der Waals surface area contributed by atoms with Crippen LogP contribution in [0.5, 0.6) is 0 Å². The summed E-state index contributed by atoms with van der Waals surface area (Å²) in [5, 5.41) is 12.0. The molecule has 2 rings (SSSR count). The van der Waals surface area contributed by atoms with Crippen molar-refractivity contribution in [1.82, 2.24) is 5.32 Å². The lowest BCUT2D eigenvalue weighted by Crippen LogP contribution is -2.35. The molecule has 1 aromatic rings. The van der Waals surface area contributed by atoms with E-state index < -0.39 is 5.97 Å². The summed E-state index contributed by atoms with van der Waals surface area (Å²) in [6, 6.07) is 7.76. The highest BCUT2D eigenvalue weighted by Crippen LogP contribution is 2.30. The van der Waals surface area contributed by atoms with E-state index in [1.54, 1.807) is 0 Å². The number of rotatable bonds is 4. The van der Waals surface area contributed by atoms with Crippen LogP contribution in [-0.2, 0) is 9.59 Å². The van der Waals surface area contributed by atoms with Gasteiger partial charge in [0.15, 0.2) is 0 Å². The molecule has 0 aromatic heterocycles. The van der Waals surface area contributed by atoms with E-state index >= 15 is 0 Å². The van der Waals surface area contributed by atoms with Crippen molar-refractivity contribution in [2.45, 2.75) is 38.6 Å². The van der Waals surface area contributed by atoms with Crippen molar-refractivity contribution in [3.63, 3.8) is 0 Å². The predicted molar refractivity (Wildman–Crippen MR) is 83.8 cm³/mol. The van der Waals surface area contributed by atoms with Gasteiger partial charge in [-0.2, -0.15) is 0 Å². The van der Waals surface area contributed by atoms with Gasteiger partial charge in [-0.3, -0.25) is 9.59 Å². The largest absolute Gasteiger partial charge is 0.481 e. The Hall–Kier alpha value is -1.36. The van der Waals surface area contributed by atoms with Crippen molar-refractivity contribution in [1.29, 1.82) is 0 Å². The number of nitrogens with one attached hydrogen (secondary N) is 1. The van der Waals surface area contributed by atoms with Crippen LogP contribution in [0.15, 0.2) is 28.7 Å². The lowest BCUT2D eigenvalue weighted by atomic mass is 9.81. The fraction of sp³-hybridized carbons (Fsp3) is 0.500. The first-order valence-corrected chi connectivity index (χ1v) is 8.06. The van der Waals surface area contributed by atoms with Crippen LogP contribution >= 0.6 is 15.9 Å². The lowest BCUT2D eigenvalue weighted by molar-refractivity contribution is -0.144. The first-order chi connectivity index (χ1) is 9.99. The first kappa shape index (κ1) is 16.0. The number of halogens is 1. The Balaban J connectivity index is 1.90. The number of amides is 1. The van der Waals surface area contributed by atoms with E-state index in [2.05, 4.69) is 21.2 Å². The molecule has 1 saturated carbocycles. The Morgan fingerprint density at radius 3 is 2.33 bits per heavy atom. The van der Waals surface area contributed by atoms with Crippen LogP contribution in [0.1, 0.15) is 44.2 Å². The molecule has 4 nitrogen and oxygen atoms in total. The Bertz CT molecular complexity index is 524. The summed E-state index contributed by atoms with van der Waals surface area (Å²) >= 11 is 3.49. The number of benzene rings is 1. The van der Waals surface area contributed by atoms with Gasteiger partial charge in [-0.05, 0) is 44.2 Å². The summed E-state index contributed by atoms with van der Waals surface area (Å²) < 4.78 is 0.979. The summed E-state index contributed by atoms with van der Waals surface area (Å²) in [6.07, 6.45) is 2.50. The minimum Gasteiger partial charge on any atom is -0.481 e. The van der Waals surface area contributed by atoms with E-state index in [0.717, 1.165) is 10.0 Å². The smallest absolute Gasteiger partial charge is 0.306 e. The Morgan fingerprint density at radius 2 is 1.76 bits per heavy atom. The quantitative estimate of drug-likeness (QED) is 0.870. The lowest BCUT2D eigenvalue weighted by Gasteiger charge is -2.27. The highest BCUT2D eigenvalue weighted by Gasteiger charge is 2.30. The fourth-order valence-electron chi connectivity index (χ4n) is 2.84. The van der Waals surface area contributed by atoms with Gasteiger partial charge >= 0.3 is 5.97 Å². The van der Waals surface area contributed by atoms with Crippen LogP contribution in [0.25, 0.3) is 0 Å². The molecule has 0 aliphatic heterocycles.